The Balaban J connectivity index is 2.69. The summed E-state index contributed by atoms with van der Waals surface area (Å²) in [6, 6.07) is 7.30. The number of carboxylic acids is 1. The number of aliphatic carboxylic acids is 1. The monoisotopic (exact) mass is 327 g/mol. The standard InChI is InChI=1S/C15H21NO5S/c1-10(21-11-5-7-12(22-4)8-6-11)13(17)16-15(2,9-20-3)14(18)19/h5-8,10H,9H2,1-4H3,(H,16,17)(H,18,19). The average Bonchev–Trinajstić information content (AvgIpc) is 2.48. The fourth-order valence-corrected chi connectivity index (χ4v) is 2.13. The second-order valence-electron chi connectivity index (χ2n) is 5.00. The number of methoxy groups -OCH3 is 1. The molecule has 0 aliphatic heterocycles. The van der Waals surface area contributed by atoms with Crippen molar-refractivity contribution in [1.29, 1.82) is 0 Å². The number of thioether (sulfide) groups is 1. The van der Waals surface area contributed by atoms with Crippen molar-refractivity contribution in [2.24, 2.45) is 0 Å². The second-order valence-corrected chi connectivity index (χ2v) is 5.87. The Labute approximate surface area is 134 Å². The fourth-order valence-electron chi connectivity index (χ4n) is 1.73. The van der Waals surface area contributed by atoms with Gasteiger partial charge in [0.1, 0.15) is 5.75 Å². The zero-order valence-electron chi connectivity index (χ0n) is 13.1. The highest BCUT2D eigenvalue weighted by Gasteiger charge is 2.36. The lowest BCUT2D eigenvalue weighted by Gasteiger charge is -2.27. The van der Waals surface area contributed by atoms with Gasteiger partial charge in [-0.25, -0.2) is 4.79 Å². The van der Waals surface area contributed by atoms with Gasteiger partial charge in [0.15, 0.2) is 11.6 Å². The number of benzene rings is 1. The Morgan fingerprint density at radius 3 is 2.41 bits per heavy atom. The molecule has 0 fully saturated rings. The Morgan fingerprint density at radius 2 is 1.95 bits per heavy atom. The van der Waals surface area contributed by atoms with Crippen molar-refractivity contribution in [1.82, 2.24) is 5.32 Å². The van der Waals surface area contributed by atoms with E-state index in [1.165, 1.54) is 14.0 Å². The molecule has 122 valence electrons. The van der Waals surface area contributed by atoms with E-state index in [1.807, 2.05) is 18.4 Å². The van der Waals surface area contributed by atoms with Gasteiger partial charge in [-0.15, -0.1) is 11.8 Å². The van der Waals surface area contributed by atoms with E-state index in [4.69, 9.17) is 9.47 Å². The summed E-state index contributed by atoms with van der Waals surface area (Å²) in [5.74, 6) is -1.14. The molecule has 2 atom stereocenters. The molecule has 0 saturated carbocycles. The first-order valence-electron chi connectivity index (χ1n) is 6.67. The molecule has 0 aliphatic carbocycles. The predicted octanol–water partition coefficient (Wildman–Crippen LogP) is 1.78. The van der Waals surface area contributed by atoms with Crippen LogP contribution in [-0.2, 0) is 14.3 Å². The van der Waals surface area contributed by atoms with E-state index in [0.717, 1.165) is 4.90 Å². The van der Waals surface area contributed by atoms with Crippen LogP contribution in [0, 0.1) is 0 Å². The summed E-state index contributed by atoms with van der Waals surface area (Å²) >= 11 is 1.61. The lowest BCUT2D eigenvalue weighted by atomic mass is 10.0. The third-order valence-corrected chi connectivity index (χ3v) is 3.79. The molecule has 7 heteroatoms. The minimum Gasteiger partial charge on any atom is -0.481 e. The van der Waals surface area contributed by atoms with Crippen molar-refractivity contribution in [3.63, 3.8) is 0 Å². The Bertz CT molecular complexity index is 519. The summed E-state index contributed by atoms with van der Waals surface area (Å²) in [6.45, 7) is 2.81. The molecule has 0 aliphatic rings. The maximum Gasteiger partial charge on any atom is 0.331 e. The quantitative estimate of drug-likeness (QED) is 0.708. The Morgan fingerprint density at radius 1 is 1.36 bits per heavy atom. The van der Waals surface area contributed by atoms with Crippen molar-refractivity contribution >= 4 is 23.6 Å². The highest BCUT2D eigenvalue weighted by atomic mass is 32.2. The van der Waals surface area contributed by atoms with E-state index in [-0.39, 0.29) is 6.61 Å². The van der Waals surface area contributed by atoms with Crippen LogP contribution in [0.5, 0.6) is 5.75 Å². The lowest BCUT2D eigenvalue weighted by molar-refractivity contribution is -0.150. The number of carboxylic acid groups (broad SMARTS) is 1. The van der Waals surface area contributed by atoms with Crippen LogP contribution in [0.15, 0.2) is 29.2 Å². The van der Waals surface area contributed by atoms with E-state index in [0.29, 0.717) is 5.75 Å². The molecule has 0 heterocycles. The number of carbonyl (C=O) groups is 2. The average molecular weight is 327 g/mol. The number of hydrogen-bond acceptors (Lipinski definition) is 5. The van der Waals surface area contributed by atoms with Gasteiger partial charge in [0, 0.05) is 12.0 Å². The third-order valence-electron chi connectivity index (χ3n) is 3.05. The number of ether oxygens (including phenoxy) is 2. The van der Waals surface area contributed by atoms with Gasteiger partial charge < -0.3 is 19.9 Å². The van der Waals surface area contributed by atoms with Gasteiger partial charge >= 0.3 is 5.97 Å². The molecule has 0 aromatic heterocycles. The first-order chi connectivity index (χ1) is 10.3. The van der Waals surface area contributed by atoms with Crippen molar-refractivity contribution < 1.29 is 24.2 Å². The number of nitrogens with one attached hydrogen (secondary N) is 1. The van der Waals surface area contributed by atoms with Crippen LogP contribution in [0.4, 0.5) is 0 Å². The summed E-state index contributed by atoms with van der Waals surface area (Å²) in [5, 5.41) is 11.6. The van der Waals surface area contributed by atoms with Gasteiger partial charge in [-0.2, -0.15) is 0 Å². The minimum atomic E-state index is -1.49. The third kappa shape index (κ3) is 4.92. The van der Waals surface area contributed by atoms with Crippen LogP contribution < -0.4 is 10.1 Å². The van der Waals surface area contributed by atoms with Crippen molar-refractivity contribution in [2.75, 3.05) is 20.0 Å². The van der Waals surface area contributed by atoms with Crippen LogP contribution in [-0.4, -0.2) is 48.6 Å². The molecule has 22 heavy (non-hydrogen) atoms. The largest absolute Gasteiger partial charge is 0.481 e. The van der Waals surface area contributed by atoms with Gasteiger partial charge in [-0.3, -0.25) is 4.79 Å². The van der Waals surface area contributed by atoms with E-state index in [1.54, 1.807) is 30.8 Å². The topological polar surface area (TPSA) is 84.9 Å². The first kappa shape index (κ1) is 18.3. The van der Waals surface area contributed by atoms with Crippen molar-refractivity contribution in [2.45, 2.75) is 30.4 Å². The van der Waals surface area contributed by atoms with Crippen LogP contribution in [0.2, 0.25) is 0 Å². The normalized spacial score (nSPS) is 14.7. The minimum absolute atomic E-state index is 0.136. The van der Waals surface area contributed by atoms with E-state index in [9.17, 15) is 14.7 Å². The molecular formula is C15H21NO5S. The molecule has 1 amide bonds. The summed E-state index contributed by atoms with van der Waals surface area (Å²) in [5.41, 5.74) is -1.49. The maximum absolute atomic E-state index is 12.1. The molecule has 2 N–H and O–H groups in total. The van der Waals surface area contributed by atoms with Gasteiger partial charge in [0.05, 0.1) is 6.61 Å². The lowest BCUT2D eigenvalue weighted by Crippen LogP contribution is -2.57. The van der Waals surface area contributed by atoms with Gasteiger partial charge in [0.25, 0.3) is 5.91 Å². The highest BCUT2D eigenvalue weighted by molar-refractivity contribution is 7.98. The van der Waals surface area contributed by atoms with Crippen molar-refractivity contribution in [3.05, 3.63) is 24.3 Å². The molecule has 2 unspecified atom stereocenters. The van der Waals surface area contributed by atoms with E-state index in [2.05, 4.69) is 5.32 Å². The Kier molecular flexibility index (Phi) is 6.70. The molecule has 0 spiro atoms. The SMILES string of the molecule is COCC(C)(NC(=O)C(C)Oc1ccc(SC)cc1)C(=O)O. The fraction of sp³-hybridized carbons (Fsp3) is 0.467. The zero-order chi connectivity index (χ0) is 16.8. The summed E-state index contributed by atoms with van der Waals surface area (Å²) in [7, 11) is 1.38. The molecule has 0 saturated heterocycles. The van der Waals surface area contributed by atoms with Gasteiger partial charge in [-0.1, -0.05) is 0 Å². The molecule has 0 bridgehead atoms. The molecule has 1 aromatic carbocycles. The molecule has 1 rings (SSSR count). The molecular weight excluding hydrogens is 306 g/mol. The molecule has 6 nitrogen and oxygen atoms in total. The number of carbonyl (C=O) groups excluding carboxylic acids is 1. The van der Waals surface area contributed by atoms with Crippen LogP contribution >= 0.6 is 11.8 Å². The van der Waals surface area contributed by atoms with E-state index < -0.39 is 23.5 Å². The second kappa shape index (κ2) is 8.05. The van der Waals surface area contributed by atoms with Crippen molar-refractivity contribution in [3.8, 4) is 5.75 Å². The van der Waals surface area contributed by atoms with Gasteiger partial charge in [-0.05, 0) is 44.4 Å². The zero-order valence-corrected chi connectivity index (χ0v) is 13.9. The Hall–Kier alpha value is -1.73. The molecule has 1 aromatic rings. The van der Waals surface area contributed by atoms with E-state index >= 15 is 0 Å². The van der Waals surface area contributed by atoms with Crippen LogP contribution in [0.3, 0.4) is 0 Å². The number of amides is 1. The summed E-state index contributed by atoms with van der Waals surface area (Å²) < 4.78 is 10.4. The maximum atomic E-state index is 12.1. The summed E-state index contributed by atoms with van der Waals surface area (Å²) in [6.07, 6.45) is 1.14. The first-order valence-corrected chi connectivity index (χ1v) is 7.90. The predicted molar refractivity (Wildman–Crippen MR) is 84.4 cm³/mol. The number of rotatable bonds is 8. The number of hydrogen-bond donors (Lipinski definition) is 2. The molecule has 0 radical (unpaired) electrons. The van der Waals surface area contributed by atoms with Crippen LogP contribution in [0.1, 0.15) is 13.8 Å². The smallest absolute Gasteiger partial charge is 0.331 e. The van der Waals surface area contributed by atoms with Gasteiger partial charge in [0.2, 0.25) is 0 Å². The summed E-state index contributed by atoms with van der Waals surface area (Å²) in [4.78, 5) is 24.5. The highest BCUT2D eigenvalue weighted by Crippen LogP contribution is 2.20. The van der Waals surface area contributed by atoms with Crippen LogP contribution in [0.25, 0.3) is 0 Å².